The molecule has 11 heteroatoms. The summed E-state index contributed by atoms with van der Waals surface area (Å²) >= 11 is 1.25. The van der Waals surface area contributed by atoms with E-state index in [2.05, 4.69) is 4.99 Å². The number of benzene rings is 2. The summed E-state index contributed by atoms with van der Waals surface area (Å²) in [7, 11) is -7.02. The highest BCUT2D eigenvalue weighted by molar-refractivity contribution is 7.90. The standard InChI is InChI=1S/C26H35N3O5S3/c1-5-8-17-28(18-9-6-2)37(33,34)21-12-10-20(11-13-21)25(30)27-26-29(16-7-3)23-15-14-22(36(4,31)32)19-24(23)35-26/h10-15,19H,5-9,16-18H2,1-4H3. The van der Waals surface area contributed by atoms with E-state index in [0.717, 1.165) is 48.6 Å². The van der Waals surface area contributed by atoms with Crippen LogP contribution in [0.5, 0.6) is 0 Å². The molecule has 0 fully saturated rings. The Bertz CT molecular complexity index is 1510. The van der Waals surface area contributed by atoms with Crippen LogP contribution in [-0.2, 0) is 26.4 Å². The fraction of sp³-hybridized carbons (Fsp3) is 0.462. The number of aryl methyl sites for hydroxylation is 1. The third kappa shape index (κ3) is 6.95. The fourth-order valence-electron chi connectivity index (χ4n) is 3.90. The summed E-state index contributed by atoms with van der Waals surface area (Å²) in [4.78, 5) is 18.2. The molecular weight excluding hydrogens is 531 g/mol. The number of amides is 1. The molecule has 1 heterocycles. The van der Waals surface area contributed by atoms with Gasteiger partial charge in [0.25, 0.3) is 5.91 Å². The van der Waals surface area contributed by atoms with Crippen LogP contribution in [0.3, 0.4) is 0 Å². The van der Waals surface area contributed by atoms with Gasteiger partial charge in [-0.3, -0.25) is 4.79 Å². The Kier molecular flexibility index (Phi) is 9.85. The van der Waals surface area contributed by atoms with Gasteiger partial charge in [-0.25, -0.2) is 16.8 Å². The van der Waals surface area contributed by atoms with Crippen LogP contribution >= 0.6 is 11.3 Å². The van der Waals surface area contributed by atoms with Gasteiger partial charge in [-0.05, 0) is 61.7 Å². The molecule has 8 nitrogen and oxygen atoms in total. The van der Waals surface area contributed by atoms with Gasteiger partial charge in [0.1, 0.15) is 0 Å². The summed E-state index contributed by atoms with van der Waals surface area (Å²) in [5, 5.41) is 0. The second-order valence-corrected chi connectivity index (χ2v) is 14.0. The molecule has 37 heavy (non-hydrogen) atoms. The highest BCUT2D eigenvalue weighted by Crippen LogP contribution is 2.23. The largest absolute Gasteiger partial charge is 0.316 e. The lowest BCUT2D eigenvalue weighted by Crippen LogP contribution is -2.33. The fourth-order valence-corrected chi connectivity index (χ4v) is 7.23. The summed E-state index contributed by atoms with van der Waals surface area (Å²) in [5.41, 5.74) is 1.09. The molecule has 3 aromatic rings. The van der Waals surface area contributed by atoms with Crippen molar-refractivity contribution >= 4 is 47.3 Å². The van der Waals surface area contributed by atoms with E-state index < -0.39 is 25.8 Å². The number of carbonyl (C=O) groups excluding carboxylic acids is 1. The van der Waals surface area contributed by atoms with E-state index in [1.807, 2.05) is 25.3 Å². The first-order valence-corrected chi connectivity index (χ1v) is 16.7. The number of rotatable bonds is 12. The number of hydrogen-bond acceptors (Lipinski definition) is 6. The number of sulfone groups is 1. The molecule has 0 atom stereocenters. The molecule has 1 aromatic heterocycles. The minimum Gasteiger partial charge on any atom is -0.316 e. The third-order valence-corrected chi connectivity index (χ3v) is 10.1. The number of hydrogen-bond donors (Lipinski definition) is 0. The minimum atomic E-state index is -3.65. The summed E-state index contributed by atoms with van der Waals surface area (Å²) in [6.07, 6.45) is 5.35. The summed E-state index contributed by atoms with van der Waals surface area (Å²) in [5.74, 6) is -0.488. The van der Waals surface area contributed by atoms with Crippen molar-refractivity contribution in [1.82, 2.24) is 8.87 Å². The van der Waals surface area contributed by atoms with Gasteiger partial charge in [-0.2, -0.15) is 9.30 Å². The van der Waals surface area contributed by atoms with E-state index in [-0.39, 0.29) is 15.4 Å². The van der Waals surface area contributed by atoms with Crippen molar-refractivity contribution in [1.29, 1.82) is 0 Å². The lowest BCUT2D eigenvalue weighted by atomic mass is 10.2. The normalized spacial score (nSPS) is 13.1. The van der Waals surface area contributed by atoms with Gasteiger partial charge in [0.2, 0.25) is 10.0 Å². The van der Waals surface area contributed by atoms with Crippen LogP contribution in [0, 0.1) is 0 Å². The van der Waals surface area contributed by atoms with Crippen molar-refractivity contribution in [2.45, 2.75) is 69.2 Å². The molecule has 0 spiro atoms. The van der Waals surface area contributed by atoms with Crippen molar-refractivity contribution in [3.63, 3.8) is 0 Å². The zero-order valence-corrected chi connectivity index (χ0v) is 24.3. The zero-order chi connectivity index (χ0) is 27.2. The molecule has 202 valence electrons. The molecule has 0 aliphatic heterocycles. The summed E-state index contributed by atoms with van der Waals surface area (Å²) in [6.45, 7) is 7.63. The van der Waals surface area contributed by atoms with E-state index in [1.165, 1.54) is 39.9 Å². The number of sulfonamides is 1. The Morgan fingerprint density at radius 2 is 1.49 bits per heavy atom. The molecule has 0 unspecified atom stereocenters. The monoisotopic (exact) mass is 565 g/mol. The molecule has 0 saturated carbocycles. The molecule has 0 aliphatic rings. The van der Waals surface area contributed by atoms with Gasteiger partial charge in [0.05, 0.1) is 20.0 Å². The first-order valence-electron chi connectivity index (χ1n) is 12.6. The van der Waals surface area contributed by atoms with Crippen molar-refractivity contribution in [3.05, 3.63) is 52.8 Å². The van der Waals surface area contributed by atoms with E-state index in [4.69, 9.17) is 0 Å². The van der Waals surface area contributed by atoms with Gasteiger partial charge < -0.3 is 4.57 Å². The number of carbonyl (C=O) groups is 1. The molecule has 0 saturated heterocycles. The molecular formula is C26H35N3O5S3. The molecule has 2 aromatic carbocycles. The topological polar surface area (TPSA) is 106 Å². The van der Waals surface area contributed by atoms with E-state index in [9.17, 15) is 21.6 Å². The lowest BCUT2D eigenvalue weighted by Gasteiger charge is -2.22. The number of thiazole rings is 1. The van der Waals surface area contributed by atoms with Crippen molar-refractivity contribution < 1.29 is 21.6 Å². The summed E-state index contributed by atoms with van der Waals surface area (Å²) < 4.78 is 54.5. The molecule has 1 amide bonds. The van der Waals surface area contributed by atoms with Crippen LogP contribution in [0.2, 0.25) is 0 Å². The van der Waals surface area contributed by atoms with Crippen LogP contribution in [-0.4, -0.2) is 51.0 Å². The Morgan fingerprint density at radius 3 is 2.03 bits per heavy atom. The second kappa shape index (κ2) is 12.5. The molecule has 0 N–H and O–H groups in total. The number of unbranched alkanes of at least 4 members (excludes halogenated alkanes) is 2. The van der Waals surface area contributed by atoms with Gasteiger partial charge in [-0.15, -0.1) is 0 Å². The Hall–Kier alpha value is -2.34. The highest BCUT2D eigenvalue weighted by Gasteiger charge is 2.24. The Balaban J connectivity index is 1.95. The maximum atomic E-state index is 13.2. The van der Waals surface area contributed by atoms with Gasteiger partial charge >= 0.3 is 0 Å². The number of nitrogens with zero attached hydrogens (tertiary/aromatic N) is 3. The first kappa shape index (κ1) is 29.2. The van der Waals surface area contributed by atoms with Crippen LogP contribution in [0.15, 0.2) is 57.2 Å². The third-order valence-electron chi connectivity index (χ3n) is 5.99. The van der Waals surface area contributed by atoms with Gasteiger partial charge in [0, 0.05) is 31.5 Å². The quantitative estimate of drug-likeness (QED) is 0.312. The maximum Gasteiger partial charge on any atom is 0.279 e. The van der Waals surface area contributed by atoms with Gasteiger partial charge in [-0.1, -0.05) is 44.9 Å². The average Bonchev–Trinajstić information content (AvgIpc) is 3.19. The molecule has 0 radical (unpaired) electrons. The van der Waals surface area contributed by atoms with Crippen LogP contribution < -0.4 is 4.80 Å². The lowest BCUT2D eigenvalue weighted by molar-refractivity contribution is 0.0997. The first-order chi connectivity index (χ1) is 17.5. The molecule has 0 bridgehead atoms. The number of fused-ring (bicyclic) bond motifs is 1. The van der Waals surface area contributed by atoms with E-state index in [1.54, 1.807) is 18.2 Å². The van der Waals surface area contributed by atoms with Crippen LogP contribution in [0.25, 0.3) is 10.2 Å². The van der Waals surface area contributed by atoms with Crippen LogP contribution in [0.1, 0.15) is 63.2 Å². The SMILES string of the molecule is CCCCN(CCCC)S(=O)(=O)c1ccc(C(=O)N=c2sc3cc(S(C)(=O)=O)ccc3n2CCC)cc1. The molecule has 0 aliphatic carbocycles. The van der Waals surface area contributed by atoms with E-state index in [0.29, 0.717) is 24.4 Å². The van der Waals surface area contributed by atoms with Crippen molar-refractivity contribution in [2.24, 2.45) is 4.99 Å². The van der Waals surface area contributed by atoms with Crippen LogP contribution in [0.4, 0.5) is 0 Å². The minimum absolute atomic E-state index is 0.160. The number of aromatic nitrogens is 1. The highest BCUT2D eigenvalue weighted by atomic mass is 32.2. The average molecular weight is 566 g/mol. The Morgan fingerprint density at radius 1 is 0.892 bits per heavy atom. The second-order valence-electron chi connectivity index (χ2n) is 8.99. The smallest absolute Gasteiger partial charge is 0.279 e. The predicted octanol–water partition coefficient (Wildman–Crippen LogP) is 4.85. The summed E-state index contributed by atoms with van der Waals surface area (Å²) in [6, 6.07) is 10.8. The predicted molar refractivity (Wildman–Crippen MR) is 148 cm³/mol. The Labute approximate surface area is 223 Å². The van der Waals surface area contributed by atoms with Crippen molar-refractivity contribution in [3.8, 4) is 0 Å². The zero-order valence-electron chi connectivity index (χ0n) is 21.8. The van der Waals surface area contributed by atoms with Crippen molar-refractivity contribution in [2.75, 3.05) is 19.3 Å². The maximum absolute atomic E-state index is 13.2. The van der Waals surface area contributed by atoms with Gasteiger partial charge in [0.15, 0.2) is 14.6 Å². The molecule has 3 rings (SSSR count). The van der Waals surface area contributed by atoms with E-state index >= 15 is 0 Å².